The van der Waals surface area contributed by atoms with Crippen molar-refractivity contribution < 1.29 is 4.79 Å². The van der Waals surface area contributed by atoms with Crippen LogP contribution in [0.25, 0.3) is 0 Å². The molecule has 1 nitrogen and oxygen atoms in total. The first kappa shape index (κ1) is 14.3. The first-order valence-corrected chi connectivity index (χ1v) is 7.38. The summed E-state index contributed by atoms with van der Waals surface area (Å²) < 4.78 is 0. The molecule has 0 aromatic heterocycles. The van der Waals surface area contributed by atoms with Gasteiger partial charge < -0.3 is 0 Å². The summed E-state index contributed by atoms with van der Waals surface area (Å²) in [6, 6.07) is 4.46. The maximum Gasteiger partial charge on any atom is 0.160 e. The molecule has 1 aliphatic rings. The number of aryl methyl sites for hydroxylation is 2. The molecule has 0 atom stereocenters. The third kappa shape index (κ3) is 2.13. The summed E-state index contributed by atoms with van der Waals surface area (Å²) >= 11 is 0. The fraction of sp³-hybridized carbons (Fsp3) is 0.611. The summed E-state index contributed by atoms with van der Waals surface area (Å²) in [5.41, 5.74) is 5.44. The van der Waals surface area contributed by atoms with E-state index >= 15 is 0 Å². The van der Waals surface area contributed by atoms with Crippen LogP contribution in [0.4, 0.5) is 0 Å². The standard InChI is InChI=1S/C18H26O/c1-7-13-11-16-14(10-15(13)12(2)19)8-9-17(3,4)18(16,5)6/h10-11H,7-9H2,1-6H3. The van der Waals surface area contributed by atoms with Crippen molar-refractivity contribution in [2.24, 2.45) is 5.41 Å². The van der Waals surface area contributed by atoms with E-state index < -0.39 is 0 Å². The van der Waals surface area contributed by atoms with E-state index in [0.29, 0.717) is 5.41 Å². The minimum Gasteiger partial charge on any atom is -0.295 e. The molecular formula is C18H26O. The zero-order chi connectivity index (χ0) is 14.4. The molecule has 0 unspecified atom stereocenters. The average Bonchev–Trinajstić information content (AvgIpc) is 2.33. The average molecular weight is 258 g/mol. The monoisotopic (exact) mass is 258 g/mol. The Kier molecular flexibility index (Phi) is 3.36. The van der Waals surface area contributed by atoms with Crippen molar-refractivity contribution in [1.82, 2.24) is 0 Å². The SMILES string of the molecule is CCc1cc2c(cc1C(C)=O)CCC(C)(C)C2(C)C. The van der Waals surface area contributed by atoms with E-state index in [1.807, 2.05) is 0 Å². The number of hydrogen-bond acceptors (Lipinski definition) is 1. The second kappa shape index (κ2) is 4.47. The van der Waals surface area contributed by atoms with E-state index in [1.54, 1.807) is 6.92 Å². The van der Waals surface area contributed by atoms with Gasteiger partial charge in [-0.15, -0.1) is 0 Å². The number of hydrogen-bond donors (Lipinski definition) is 0. The largest absolute Gasteiger partial charge is 0.295 e. The highest BCUT2D eigenvalue weighted by atomic mass is 16.1. The second-order valence-electron chi connectivity index (χ2n) is 7.09. The molecule has 0 saturated carbocycles. The van der Waals surface area contributed by atoms with E-state index in [-0.39, 0.29) is 11.2 Å². The third-order valence-corrected chi connectivity index (χ3v) is 5.47. The van der Waals surface area contributed by atoms with Gasteiger partial charge in [0.1, 0.15) is 0 Å². The van der Waals surface area contributed by atoms with Crippen molar-refractivity contribution in [1.29, 1.82) is 0 Å². The fourth-order valence-corrected chi connectivity index (χ4v) is 3.22. The Morgan fingerprint density at radius 1 is 1.21 bits per heavy atom. The van der Waals surface area contributed by atoms with Gasteiger partial charge in [-0.1, -0.05) is 40.7 Å². The molecule has 2 rings (SSSR count). The molecule has 0 amide bonds. The molecular weight excluding hydrogens is 232 g/mol. The molecule has 104 valence electrons. The van der Waals surface area contributed by atoms with Crippen LogP contribution >= 0.6 is 0 Å². The van der Waals surface area contributed by atoms with Gasteiger partial charge in [0, 0.05) is 5.56 Å². The van der Waals surface area contributed by atoms with Crippen molar-refractivity contribution >= 4 is 5.78 Å². The zero-order valence-electron chi connectivity index (χ0n) is 13.2. The van der Waals surface area contributed by atoms with Gasteiger partial charge in [0.25, 0.3) is 0 Å². The van der Waals surface area contributed by atoms with E-state index in [9.17, 15) is 4.79 Å². The van der Waals surface area contributed by atoms with E-state index in [1.165, 1.54) is 23.1 Å². The molecule has 0 heterocycles. The predicted octanol–water partition coefficient (Wildman–Crippen LogP) is 4.70. The third-order valence-electron chi connectivity index (χ3n) is 5.47. The summed E-state index contributed by atoms with van der Waals surface area (Å²) in [6.45, 7) is 13.2. The van der Waals surface area contributed by atoms with Crippen LogP contribution in [0.1, 0.15) is 75.0 Å². The summed E-state index contributed by atoms with van der Waals surface area (Å²) in [6.07, 6.45) is 3.21. The van der Waals surface area contributed by atoms with Gasteiger partial charge >= 0.3 is 0 Å². The summed E-state index contributed by atoms with van der Waals surface area (Å²) in [5, 5.41) is 0. The van der Waals surface area contributed by atoms with Gasteiger partial charge in [-0.05, 0) is 59.8 Å². The molecule has 0 spiro atoms. The minimum absolute atomic E-state index is 0.166. The molecule has 1 aromatic rings. The number of carbonyl (C=O) groups excluding carboxylic acids is 1. The Bertz CT molecular complexity index is 521. The van der Waals surface area contributed by atoms with Crippen molar-refractivity contribution in [2.75, 3.05) is 0 Å². The van der Waals surface area contributed by atoms with Crippen LogP contribution in [0.3, 0.4) is 0 Å². The minimum atomic E-state index is 0.166. The van der Waals surface area contributed by atoms with Crippen LogP contribution in [0.2, 0.25) is 0 Å². The highest BCUT2D eigenvalue weighted by Crippen LogP contribution is 2.49. The van der Waals surface area contributed by atoms with Gasteiger partial charge in [-0.3, -0.25) is 4.79 Å². The Labute approximate surface area is 117 Å². The van der Waals surface area contributed by atoms with Gasteiger partial charge in [0.15, 0.2) is 5.78 Å². The predicted molar refractivity (Wildman–Crippen MR) is 81.0 cm³/mol. The first-order valence-electron chi connectivity index (χ1n) is 7.38. The fourth-order valence-electron chi connectivity index (χ4n) is 3.22. The molecule has 0 aliphatic heterocycles. The Balaban J connectivity index is 2.66. The number of rotatable bonds is 2. The summed E-state index contributed by atoms with van der Waals surface area (Å²) in [4.78, 5) is 11.8. The lowest BCUT2D eigenvalue weighted by Crippen LogP contribution is -2.41. The lowest BCUT2D eigenvalue weighted by atomic mass is 9.57. The van der Waals surface area contributed by atoms with Crippen LogP contribution in [0.5, 0.6) is 0 Å². The number of ketones is 1. The van der Waals surface area contributed by atoms with E-state index in [4.69, 9.17) is 0 Å². The van der Waals surface area contributed by atoms with Crippen molar-refractivity contribution in [3.05, 3.63) is 34.4 Å². The van der Waals surface area contributed by atoms with Crippen LogP contribution in [-0.2, 0) is 18.3 Å². The number of benzene rings is 1. The lowest BCUT2D eigenvalue weighted by molar-refractivity contribution is 0.101. The lowest BCUT2D eigenvalue weighted by Gasteiger charge is -2.47. The Morgan fingerprint density at radius 2 is 1.84 bits per heavy atom. The summed E-state index contributed by atoms with van der Waals surface area (Å²) in [5.74, 6) is 0.197. The maximum absolute atomic E-state index is 11.8. The molecule has 0 saturated heterocycles. The van der Waals surface area contributed by atoms with E-state index in [0.717, 1.165) is 18.4 Å². The van der Waals surface area contributed by atoms with Gasteiger partial charge in [-0.25, -0.2) is 0 Å². The van der Waals surface area contributed by atoms with E-state index in [2.05, 4.69) is 46.8 Å². The number of carbonyl (C=O) groups is 1. The van der Waals surface area contributed by atoms with Crippen LogP contribution in [0, 0.1) is 5.41 Å². The zero-order valence-corrected chi connectivity index (χ0v) is 13.2. The maximum atomic E-state index is 11.8. The summed E-state index contributed by atoms with van der Waals surface area (Å²) in [7, 11) is 0. The quantitative estimate of drug-likeness (QED) is 0.703. The Morgan fingerprint density at radius 3 is 2.37 bits per heavy atom. The van der Waals surface area contributed by atoms with Crippen molar-refractivity contribution in [3.8, 4) is 0 Å². The van der Waals surface area contributed by atoms with Crippen molar-refractivity contribution in [3.63, 3.8) is 0 Å². The highest BCUT2D eigenvalue weighted by molar-refractivity contribution is 5.96. The van der Waals surface area contributed by atoms with Crippen LogP contribution in [-0.4, -0.2) is 5.78 Å². The van der Waals surface area contributed by atoms with Crippen LogP contribution in [0.15, 0.2) is 12.1 Å². The van der Waals surface area contributed by atoms with Crippen LogP contribution < -0.4 is 0 Å². The molecule has 0 bridgehead atoms. The van der Waals surface area contributed by atoms with Gasteiger partial charge in [0.05, 0.1) is 0 Å². The first-order chi connectivity index (χ1) is 8.70. The Hall–Kier alpha value is -1.11. The molecule has 1 heteroatoms. The number of fused-ring (bicyclic) bond motifs is 1. The molecule has 19 heavy (non-hydrogen) atoms. The van der Waals surface area contributed by atoms with Gasteiger partial charge in [0.2, 0.25) is 0 Å². The smallest absolute Gasteiger partial charge is 0.160 e. The van der Waals surface area contributed by atoms with Crippen molar-refractivity contribution in [2.45, 2.75) is 66.2 Å². The van der Waals surface area contributed by atoms with Gasteiger partial charge in [-0.2, -0.15) is 0 Å². The second-order valence-corrected chi connectivity index (χ2v) is 7.09. The molecule has 1 aromatic carbocycles. The topological polar surface area (TPSA) is 17.1 Å². The number of Topliss-reactive ketones (excluding diaryl/α,β-unsaturated/α-hetero) is 1. The highest BCUT2D eigenvalue weighted by Gasteiger charge is 2.42. The molecule has 0 fully saturated rings. The molecule has 0 N–H and O–H groups in total. The normalized spacial score (nSPS) is 19.9. The molecule has 0 radical (unpaired) electrons. The molecule has 1 aliphatic carbocycles.